The van der Waals surface area contributed by atoms with E-state index in [2.05, 4.69) is 0 Å². The van der Waals surface area contributed by atoms with Gasteiger partial charge in [-0.1, -0.05) is 0 Å². The summed E-state index contributed by atoms with van der Waals surface area (Å²) in [6.07, 6.45) is 0. The van der Waals surface area contributed by atoms with Crippen LogP contribution in [0.4, 0.5) is 0 Å². The second-order valence-corrected chi connectivity index (χ2v) is 0.548. The minimum atomic E-state index is -1.94. The topological polar surface area (TPSA) is 37.3 Å². The summed E-state index contributed by atoms with van der Waals surface area (Å²) in [5.41, 5.74) is 0. The van der Waals surface area contributed by atoms with E-state index in [-0.39, 0.29) is 12.4 Å². The van der Waals surface area contributed by atoms with Gasteiger partial charge in [0.1, 0.15) is 0 Å². The second kappa shape index (κ2) is 9.90. The third-order valence-electron chi connectivity index (χ3n) is 0. The Morgan fingerprint density at radius 3 is 1.75 bits per heavy atom. The first-order valence-electron chi connectivity index (χ1n) is 0.494. The number of hydrogen-bond acceptors (Lipinski definition) is 1. The van der Waals surface area contributed by atoms with E-state index in [0.29, 0.717) is 0 Å². The Kier molecular flexibility index (Phi) is 21.8. The molecule has 0 unspecified atom stereocenters. The molecule has 0 fully saturated rings. The summed E-state index contributed by atoms with van der Waals surface area (Å²) in [6.45, 7) is 0. The first kappa shape index (κ1) is 8.83. The molecule has 2 nitrogen and oxygen atoms in total. The van der Waals surface area contributed by atoms with Gasteiger partial charge in [0.05, 0.1) is 0 Å². The Morgan fingerprint density at radius 1 is 1.75 bits per heavy atom. The summed E-state index contributed by atoms with van der Waals surface area (Å²) in [7, 11) is 0. The van der Waals surface area contributed by atoms with Crippen LogP contribution < -0.4 is 0 Å². The van der Waals surface area contributed by atoms with Crippen molar-refractivity contribution < 1.29 is 7.91 Å². The third kappa shape index (κ3) is 26.7. The Labute approximate surface area is 36.6 Å². The zero-order valence-corrected chi connectivity index (χ0v) is 5.08. The van der Waals surface area contributed by atoms with Crippen LogP contribution in [0.1, 0.15) is 0 Å². The number of rotatable bonds is 0. The fraction of sp³-hybridized carbons (Fsp3) is 0. The maximum atomic E-state index is 8.64. The van der Waals surface area contributed by atoms with Crippen LogP contribution in [0.15, 0.2) is 0 Å². The molecule has 0 aromatic heterocycles. The minimum absolute atomic E-state index is 0. The van der Waals surface area contributed by atoms with E-state index in [4.69, 9.17) is 7.91 Å². The fourth-order valence-electron chi connectivity index (χ4n) is 0. The first-order valence-corrected chi connectivity index (χ1v) is 2.57. The van der Waals surface area contributed by atoms with E-state index < -0.39 is 15.7 Å². The van der Waals surface area contributed by atoms with E-state index >= 15 is 0 Å². The van der Waals surface area contributed by atoms with Gasteiger partial charge in [0.2, 0.25) is 0 Å². The van der Waals surface area contributed by atoms with Crippen LogP contribution in [-0.2, 0) is 3.78 Å². The molecule has 0 radical (unpaired) electrons. The molecule has 26 valence electrons. The summed E-state index contributed by atoms with van der Waals surface area (Å²) in [6, 6.07) is 0. The van der Waals surface area contributed by atoms with E-state index in [0.717, 1.165) is 0 Å². The Balaban J connectivity index is 0. The van der Waals surface area contributed by atoms with Crippen LogP contribution >= 0.6 is 12.4 Å². The van der Waals surface area contributed by atoms with Gasteiger partial charge in [0, 0.05) is 0 Å². The molecule has 1 N–H and O–H groups in total. The quantitative estimate of drug-likeness (QED) is 0.446. The summed E-state index contributed by atoms with van der Waals surface area (Å²) in [5.74, 6) is 0. The third-order valence-corrected chi connectivity index (χ3v) is 0. The van der Waals surface area contributed by atoms with Gasteiger partial charge >= 0.3 is 23.6 Å². The van der Waals surface area contributed by atoms with Gasteiger partial charge in [-0.05, 0) is 0 Å². The van der Waals surface area contributed by atoms with Gasteiger partial charge in [0.15, 0.2) is 0 Å². The average molecular weight is 143 g/mol. The molecular weight excluding hydrogens is 140 g/mol. The van der Waals surface area contributed by atoms with E-state index in [1.807, 2.05) is 0 Å². The zero-order valence-electron chi connectivity index (χ0n) is 1.84. The van der Waals surface area contributed by atoms with Gasteiger partial charge in [-0.25, -0.2) is 0 Å². The average Bonchev–Trinajstić information content (AvgIpc) is 0.918. The monoisotopic (exact) mass is 144 g/mol. The Morgan fingerprint density at radius 2 is 1.75 bits per heavy atom. The van der Waals surface area contributed by atoms with Crippen molar-refractivity contribution in [1.82, 2.24) is 0 Å². The molecule has 0 bridgehead atoms. The van der Waals surface area contributed by atoms with Crippen LogP contribution in [-0.4, -0.2) is 19.8 Å². The molecular formula is H3ClGeO2. The SMILES string of the molecule is Cl.[O]=[GeH][OH]. The molecule has 0 saturated carbocycles. The molecule has 0 aliphatic rings. The fourth-order valence-corrected chi connectivity index (χ4v) is 0. The summed E-state index contributed by atoms with van der Waals surface area (Å²) >= 11 is -1.94. The summed E-state index contributed by atoms with van der Waals surface area (Å²) < 4.78 is 15.8. The maximum absolute atomic E-state index is 8.64. The number of halogens is 1. The second-order valence-electron chi connectivity index (χ2n) is 0.105. The van der Waals surface area contributed by atoms with Crippen molar-refractivity contribution in [1.29, 1.82) is 0 Å². The molecule has 0 aromatic rings. The summed E-state index contributed by atoms with van der Waals surface area (Å²) in [5, 5.41) is 0. The van der Waals surface area contributed by atoms with Crippen LogP contribution in [0.25, 0.3) is 0 Å². The van der Waals surface area contributed by atoms with E-state index in [9.17, 15) is 0 Å². The van der Waals surface area contributed by atoms with Crippen molar-refractivity contribution in [3.05, 3.63) is 0 Å². The number of hydrogen-bond donors (Lipinski definition) is 1. The normalized spacial score (nSPS) is 3.00. The Bertz CT molecular complexity index is 13.5. The van der Waals surface area contributed by atoms with E-state index in [1.54, 1.807) is 0 Å². The van der Waals surface area contributed by atoms with Gasteiger partial charge < -0.3 is 0 Å². The molecule has 0 amide bonds. The molecule has 4 heteroatoms. The molecule has 0 saturated heterocycles. The predicted octanol–water partition coefficient (Wildman–Crippen LogP) is -0.903. The van der Waals surface area contributed by atoms with Crippen molar-refractivity contribution in [3.63, 3.8) is 0 Å². The molecule has 0 heterocycles. The molecule has 4 heavy (non-hydrogen) atoms. The van der Waals surface area contributed by atoms with Gasteiger partial charge in [-0.15, -0.1) is 12.4 Å². The van der Waals surface area contributed by atoms with Crippen LogP contribution in [0.5, 0.6) is 0 Å². The van der Waals surface area contributed by atoms with Crippen molar-refractivity contribution in [2.24, 2.45) is 0 Å². The molecule has 0 aliphatic heterocycles. The molecule has 0 spiro atoms. The van der Waals surface area contributed by atoms with Gasteiger partial charge in [0.25, 0.3) is 0 Å². The van der Waals surface area contributed by atoms with Crippen LogP contribution in [0.3, 0.4) is 0 Å². The van der Waals surface area contributed by atoms with E-state index in [1.165, 1.54) is 0 Å². The van der Waals surface area contributed by atoms with Crippen molar-refractivity contribution >= 4 is 28.1 Å². The van der Waals surface area contributed by atoms with Crippen LogP contribution in [0.2, 0.25) is 0 Å². The van der Waals surface area contributed by atoms with Crippen LogP contribution in [0, 0.1) is 0 Å². The van der Waals surface area contributed by atoms with Crippen molar-refractivity contribution in [3.8, 4) is 0 Å². The summed E-state index contributed by atoms with van der Waals surface area (Å²) in [4.78, 5) is 0. The van der Waals surface area contributed by atoms with Crippen molar-refractivity contribution in [2.45, 2.75) is 0 Å². The molecule has 0 rings (SSSR count). The molecule has 0 aliphatic carbocycles. The van der Waals surface area contributed by atoms with Gasteiger partial charge in [-0.3, -0.25) is 0 Å². The predicted molar refractivity (Wildman–Crippen MR) is 17.3 cm³/mol. The molecule has 0 aromatic carbocycles. The zero-order chi connectivity index (χ0) is 2.71. The van der Waals surface area contributed by atoms with Crippen molar-refractivity contribution in [2.75, 3.05) is 0 Å². The first-order chi connectivity index (χ1) is 1.41. The van der Waals surface area contributed by atoms with Gasteiger partial charge in [-0.2, -0.15) is 0 Å². The Hall–Kier alpha value is 0.433. The molecule has 0 atom stereocenters. The standard InChI is InChI=1S/ClH.GeH2O2/c;2-1-3/h1H;1-2H.